The minimum absolute atomic E-state index is 0.234. The number of anilines is 1. The molecule has 2 aromatic carbocycles. The van der Waals surface area contributed by atoms with Crippen molar-refractivity contribution in [3.05, 3.63) is 59.1 Å². The first-order valence-corrected chi connectivity index (χ1v) is 8.89. The lowest BCUT2D eigenvalue weighted by Crippen LogP contribution is -2.36. The monoisotopic (exact) mass is 373 g/mol. The van der Waals surface area contributed by atoms with Crippen LogP contribution in [0, 0.1) is 5.92 Å². The van der Waals surface area contributed by atoms with Gasteiger partial charge in [-0.2, -0.15) is 0 Å². The van der Waals surface area contributed by atoms with Crippen molar-refractivity contribution in [2.45, 2.75) is 13.3 Å². The number of para-hydroxylation sites is 1. The Bertz CT molecular complexity index is 794. The second kappa shape index (κ2) is 8.23. The summed E-state index contributed by atoms with van der Waals surface area (Å²) in [6, 6.07) is 14.6. The number of amides is 1. The summed E-state index contributed by atoms with van der Waals surface area (Å²) in [7, 11) is 0. The quantitative estimate of drug-likeness (QED) is 0.753. The number of halogens is 1. The van der Waals surface area contributed by atoms with Gasteiger partial charge >= 0.3 is 5.97 Å². The zero-order valence-corrected chi connectivity index (χ0v) is 15.2. The van der Waals surface area contributed by atoms with Crippen molar-refractivity contribution in [2.24, 2.45) is 5.92 Å². The van der Waals surface area contributed by atoms with E-state index in [4.69, 9.17) is 21.1 Å². The van der Waals surface area contributed by atoms with E-state index in [2.05, 4.69) is 0 Å². The Kier molecular flexibility index (Phi) is 5.78. The second-order valence-electron chi connectivity index (χ2n) is 6.05. The van der Waals surface area contributed by atoms with E-state index in [0.717, 1.165) is 17.0 Å². The van der Waals surface area contributed by atoms with Crippen LogP contribution in [-0.4, -0.2) is 31.6 Å². The third kappa shape index (κ3) is 4.17. The lowest BCUT2D eigenvalue weighted by Gasteiger charge is -2.25. The molecule has 0 N–H and O–H groups in total. The molecular formula is C20H20ClNO4. The van der Waals surface area contributed by atoms with Crippen LogP contribution >= 0.6 is 11.6 Å². The van der Waals surface area contributed by atoms with Crippen molar-refractivity contribution < 1.29 is 19.1 Å². The number of carbonyl (C=O) groups is 2. The van der Waals surface area contributed by atoms with Gasteiger partial charge in [-0.15, -0.1) is 0 Å². The molecule has 0 aromatic heterocycles. The number of benzene rings is 2. The molecule has 0 bridgehead atoms. The van der Waals surface area contributed by atoms with Crippen molar-refractivity contribution in [3.8, 4) is 5.75 Å². The van der Waals surface area contributed by atoms with Gasteiger partial charge in [0.15, 0.2) is 6.61 Å². The van der Waals surface area contributed by atoms with Gasteiger partial charge in [0.25, 0.3) is 5.91 Å². The van der Waals surface area contributed by atoms with Crippen molar-refractivity contribution in [3.63, 3.8) is 0 Å². The molecular weight excluding hydrogens is 354 g/mol. The highest BCUT2D eigenvalue weighted by atomic mass is 35.5. The highest BCUT2D eigenvalue weighted by molar-refractivity contribution is 6.30. The number of likely N-dealkylation sites (N-methyl/N-ethyl adjacent to an activating group) is 1. The van der Waals surface area contributed by atoms with Crippen LogP contribution in [0.4, 0.5) is 5.69 Å². The molecule has 1 atom stereocenters. The van der Waals surface area contributed by atoms with Crippen LogP contribution in [0.3, 0.4) is 0 Å². The molecule has 5 nitrogen and oxygen atoms in total. The maximum absolute atomic E-state index is 12.4. The molecule has 136 valence electrons. The summed E-state index contributed by atoms with van der Waals surface area (Å²) in [5, 5.41) is 0.595. The van der Waals surface area contributed by atoms with Crippen molar-refractivity contribution >= 4 is 29.2 Å². The Morgan fingerprint density at radius 2 is 2.00 bits per heavy atom. The molecule has 1 aliphatic rings. The Morgan fingerprint density at radius 1 is 1.23 bits per heavy atom. The predicted molar refractivity (Wildman–Crippen MR) is 99.6 cm³/mol. The van der Waals surface area contributed by atoms with Gasteiger partial charge in [-0.1, -0.05) is 29.8 Å². The zero-order chi connectivity index (χ0) is 18.5. The molecule has 1 aliphatic heterocycles. The molecule has 1 amide bonds. The highest BCUT2D eigenvalue weighted by Crippen LogP contribution is 2.30. The number of carbonyl (C=O) groups excluding carboxylic acids is 2. The number of hydrogen-bond acceptors (Lipinski definition) is 4. The smallest absolute Gasteiger partial charge is 0.313 e. The highest BCUT2D eigenvalue weighted by Gasteiger charge is 2.28. The fourth-order valence-electron chi connectivity index (χ4n) is 2.95. The maximum atomic E-state index is 12.4. The molecule has 0 aliphatic carbocycles. The Balaban J connectivity index is 1.58. The van der Waals surface area contributed by atoms with Gasteiger partial charge in [-0.05, 0) is 49.2 Å². The van der Waals surface area contributed by atoms with Crippen LogP contribution in [0.15, 0.2) is 48.5 Å². The molecule has 2 aromatic rings. The first kappa shape index (κ1) is 18.3. The Labute approximate surface area is 157 Å². The molecule has 0 saturated carbocycles. The number of fused-ring (bicyclic) bond motifs is 1. The molecule has 0 saturated heterocycles. The number of esters is 1. The number of ether oxygens (including phenoxy) is 2. The van der Waals surface area contributed by atoms with E-state index in [9.17, 15) is 9.59 Å². The Morgan fingerprint density at radius 3 is 2.73 bits per heavy atom. The van der Waals surface area contributed by atoms with E-state index >= 15 is 0 Å². The van der Waals surface area contributed by atoms with E-state index in [-0.39, 0.29) is 19.1 Å². The summed E-state index contributed by atoms with van der Waals surface area (Å²) in [5.74, 6) is -0.406. The number of hydrogen-bond donors (Lipinski definition) is 0. The molecule has 1 heterocycles. The topological polar surface area (TPSA) is 55.8 Å². The summed E-state index contributed by atoms with van der Waals surface area (Å²) >= 11 is 5.99. The molecule has 0 unspecified atom stereocenters. The van der Waals surface area contributed by atoms with Gasteiger partial charge < -0.3 is 14.4 Å². The minimum atomic E-state index is -0.444. The average molecular weight is 374 g/mol. The summed E-state index contributed by atoms with van der Waals surface area (Å²) in [4.78, 5) is 26.3. The second-order valence-corrected chi connectivity index (χ2v) is 6.48. The lowest BCUT2D eigenvalue weighted by molar-refractivity contribution is -0.153. The van der Waals surface area contributed by atoms with Crippen molar-refractivity contribution in [1.29, 1.82) is 0 Å². The van der Waals surface area contributed by atoms with Gasteiger partial charge in [0.2, 0.25) is 0 Å². The normalized spacial score (nSPS) is 15.5. The van der Waals surface area contributed by atoms with Crippen LogP contribution < -0.4 is 9.64 Å². The van der Waals surface area contributed by atoms with E-state index < -0.39 is 11.9 Å². The largest absolute Gasteiger partial charge is 0.492 e. The van der Waals surface area contributed by atoms with E-state index in [1.54, 1.807) is 23.1 Å². The van der Waals surface area contributed by atoms with E-state index in [0.29, 0.717) is 18.0 Å². The maximum Gasteiger partial charge on any atom is 0.313 e. The summed E-state index contributed by atoms with van der Waals surface area (Å²) in [5.41, 5.74) is 1.65. The molecule has 3 rings (SSSR count). The molecule has 0 radical (unpaired) electrons. The Hall–Kier alpha value is -2.53. The molecule has 26 heavy (non-hydrogen) atoms. The molecule has 0 fully saturated rings. The minimum Gasteiger partial charge on any atom is -0.492 e. The lowest BCUT2D eigenvalue weighted by atomic mass is 9.97. The fraction of sp³-hybridized carbons (Fsp3) is 0.300. The van der Waals surface area contributed by atoms with Crippen molar-refractivity contribution in [1.82, 2.24) is 0 Å². The van der Waals surface area contributed by atoms with Gasteiger partial charge in [-0.25, -0.2) is 0 Å². The van der Waals surface area contributed by atoms with Crippen LogP contribution in [0.5, 0.6) is 5.75 Å². The molecule has 6 heteroatoms. The fourth-order valence-corrected chi connectivity index (χ4v) is 3.15. The van der Waals surface area contributed by atoms with Gasteiger partial charge in [-0.3, -0.25) is 9.59 Å². The van der Waals surface area contributed by atoms with Crippen LogP contribution in [-0.2, 0) is 20.7 Å². The van der Waals surface area contributed by atoms with E-state index in [1.165, 1.54) is 0 Å². The average Bonchev–Trinajstić information content (AvgIpc) is 2.67. The summed E-state index contributed by atoms with van der Waals surface area (Å²) in [6.45, 7) is 2.32. The third-order valence-electron chi connectivity index (χ3n) is 4.29. The predicted octanol–water partition coefficient (Wildman–Crippen LogP) is 3.49. The van der Waals surface area contributed by atoms with Crippen LogP contribution in [0.1, 0.15) is 12.5 Å². The first-order valence-electron chi connectivity index (χ1n) is 8.51. The summed E-state index contributed by atoms with van der Waals surface area (Å²) in [6.07, 6.45) is 0.485. The van der Waals surface area contributed by atoms with Gasteiger partial charge in [0, 0.05) is 17.3 Å². The third-order valence-corrected chi connectivity index (χ3v) is 4.52. The SMILES string of the molecule is CCN(C(=O)COC(=O)[C@@H]1COc2ccc(Cl)cc2C1)c1ccccc1. The van der Waals surface area contributed by atoms with E-state index in [1.807, 2.05) is 37.3 Å². The van der Waals surface area contributed by atoms with Crippen LogP contribution in [0.25, 0.3) is 0 Å². The van der Waals surface area contributed by atoms with Gasteiger partial charge in [0.1, 0.15) is 12.4 Å². The summed E-state index contributed by atoms with van der Waals surface area (Å²) < 4.78 is 10.9. The molecule has 0 spiro atoms. The first-order chi connectivity index (χ1) is 12.6. The van der Waals surface area contributed by atoms with Crippen LogP contribution in [0.2, 0.25) is 5.02 Å². The standard InChI is InChI=1S/C20H20ClNO4/c1-2-22(17-6-4-3-5-7-17)19(23)13-26-20(24)15-10-14-11-16(21)8-9-18(14)25-12-15/h3-9,11,15H,2,10,12-13H2,1H3/t15-/m0/s1. The number of rotatable bonds is 5. The zero-order valence-electron chi connectivity index (χ0n) is 14.5. The van der Waals surface area contributed by atoms with Crippen molar-refractivity contribution in [2.75, 3.05) is 24.7 Å². The number of nitrogens with zero attached hydrogens (tertiary/aromatic N) is 1. The van der Waals surface area contributed by atoms with Gasteiger partial charge in [0.05, 0.1) is 5.92 Å².